The summed E-state index contributed by atoms with van der Waals surface area (Å²) in [5, 5.41) is 123. The first kappa shape index (κ1) is 42.4. The van der Waals surface area contributed by atoms with Gasteiger partial charge in [0.25, 0.3) is 0 Å². The van der Waals surface area contributed by atoms with Crippen molar-refractivity contribution in [3.05, 3.63) is 53.6 Å². The first-order valence-electron chi connectivity index (χ1n) is 17.2. The number of carbonyl (C=O) groups is 1. The number of carbonyl (C=O) groups excluding carboxylic acids is 1. The van der Waals surface area contributed by atoms with Crippen molar-refractivity contribution in [3.8, 4) is 23.0 Å². The molecule has 3 heterocycles. The summed E-state index contributed by atoms with van der Waals surface area (Å²) >= 11 is 0. The molecule has 3 saturated heterocycles. The predicted molar refractivity (Wildman–Crippen MR) is 180 cm³/mol. The number of ether oxygens (including phenoxy) is 7. The minimum atomic E-state index is -1.96. The van der Waals surface area contributed by atoms with Gasteiger partial charge in [-0.3, -0.25) is 0 Å². The molecule has 0 saturated carbocycles. The molecule has 0 radical (unpaired) electrons. The van der Waals surface area contributed by atoms with Crippen LogP contribution >= 0.6 is 0 Å². The van der Waals surface area contributed by atoms with E-state index < -0.39 is 123 Å². The monoisotopic (exact) mass is 786 g/mol. The van der Waals surface area contributed by atoms with Gasteiger partial charge in [0, 0.05) is 6.08 Å². The molecule has 20 heteroatoms. The van der Waals surface area contributed by atoms with Crippen LogP contribution in [0.5, 0.6) is 23.0 Å². The minimum Gasteiger partial charge on any atom is -0.504 e. The second-order valence-electron chi connectivity index (χ2n) is 13.2. The average Bonchev–Trinajstić information content (AvgIpc) is 3.16. The summed E-state index contributed by atoms with van der Waals surface area (Å²) in [5.41, 5.74) is 0.825. The van der Waals surface area contributed by atoms with Crippen molar-refractivity contribution in [2.24, 2.45) is 0 Å². The summed E-state index contributed by atoms with van der Waals surface area (Å²) in [6.07, 6.45) is -22.4. The van der Waals surface area contributed by atoms with Crippen molar-refractivity contribution in [2.45, 2.75) is 105 Å². The van der Waals surface area contributed by atoms with Crippen LogP contribution in [0.2, 0.25) is 0 Å². The number of esters is 1. The highest BCUT2D eigenvalue weighted by Crippen LogP contribution is 2.34. The first-order chi connectivity index (χ1) is 26.1. The van der Waals surface area contributed by atoms with Gasteiger partial charge in [-0.2, -0.15) is 0 Å². The van der Waals surface area contributed by atoms with E-state index in [-0.39, 0.29) is 30.1 Å². The van der Waals surface area contributed by atoms with E-state index in [9.17, 15) is 66.1 Å². The number of benzene rings is 2. The van der Waals surface area contributed by atoms with Gasteiger partial charge in [0.05, 0.1) is 25.9 Å². The Morgan fingerprint density at radius 1 is 0.655 bits per heavy atom. The molecule has 3 aliphatic heterocycles. The molecule has 2 aromatic carbocycles. The SMILES string of the molecule is C[C@@H]1O[C@@H](O[C@@H]2[C@@H](O)[C@H](OCCc3ccc(O)c(O)c3)O[C@H](CO)[C@H]2OC(=O)C=Cc2ccc(O)c(O)c2)[C@H](O)[C@H](O)[C@H]1O[C@@H]1O[C@H](CO)[C@@H](O)[C@H](O)[C@H]1O. The molecule has 5 rings (SSSR count). The van der Waals surface area contributed by atoms with E-state index >= 15 is 0 Å². The van der Waals surface area contributed by atoms with E-state index in [1.807, 2.05) is 0 Å². The average molecular weight is 787 g/mol. The third kappa shape index (κ3) is 9.82. The Bertz CT molecular complexity index is 1610. The molecule has 15 atom stereocenters. The summed E-state index contributed by atoms with van der Waals surface area (Å²) in [6.45, 7) is -0.321. The Morgan fingerprint density at radius 2 is 1.25 bits per heavy atom. The van der Waals surface area contributed by atoms with Crippen LogP contribution in [0.3, 0.4) is 0 Å². The summed E-state index contributed by atoms with van der Waals surface area (Å²) in [4.78, 5) is 13.0. The fourth-order valence-corrected chi connectivity index (χ4v) is 6.27. The molecule has 0 aliphatic carbocycles. The van der Waals surface area contributed by atoms with E-state index in [0.717, 1.165) is 6.08 Å². The maximum absolute atomic E-state index is 13.0. The molecule has 3 fully saturated rings. The predicted octanol–water partition coefficient (Wildman–Crippen LogP) is -3.19. The summed E-state index contributed by atoms with van der Waals surface area (Å²) < 4.78 is 39.8. The molecule has 306 valence electrons. The van der Waals surface area contributed by atoms with Gasteiger partial charge in [-0.05, 0) is 54.8 Å². The number of hydrogen-bond acceptors (Lipinski definition) is 20. The van der Waals surface area contributed by atoms with Gasteiger partial charge in [0.1, 0.15) is 61.0 Å². The first-order valence-corrected chi connectivity index (χ1v) is 17.2. The fourth-order valence-electron chi connectivity index (χ4n) is 6.27. The largest absolute Gasteiger partial charge is 0.504 e. The van der Waals surface area contributed by atoms with Crippen molar-refractivity contribution >= 4 is 12.0 Å². The zero-order valence-corrected chi connectivity index (χ0v) is 29.2. The molecule has 20 nitrogen and oxygen atoms in total. The Kier molecular flexibility index (Phi) is 14.3. The van der Waals surface area contributed by atoms with Gasteiger partial charge >= 0.3 is 5.97 Å². The lowest BCUT2D eigenvalue weighted by molar-refractivity contribution is -0.376. The summed E-state index contributed by atoms with van der Waals surface area (Å²) in [7, 11) is 0. The van der Waals surface area contributed by atoms with Crippen LogP contribution in [0.1, 0.15) is 18.1 Å². The maximum Gasteiger partial charge on any atom is 0.331 e. The minimum absolute atomic E-state index is 0.140. The van der Waals surface area contributed by atoms with E-state index in [1.54, 1.807) is 0 Å². The summed E-state index contributed by atoms with van der Waals surface area (Å²) in [5.74, 6) is -2.60. The van der Waals surface area contributed by atoms with Crippen molar-refractivity contribution in [1.82, 2.24) is 0 Å². The number of aliphatic hydroxyl groups is 8. The molecule has 0 spiro atoms. The fraction of sp³-hybridized carbons (Fsp3) is 0.571. The van der Waals surface area contributed by atoms with Gasteiger partial charge in [0.2, 0.25) is 0 Å². The van der Waals surface area contributed by atoms with Crippen LogP contribution in [-0.2, 0) is 44.4 Å². The van der Waals surface area contributed by atoms with Gasteiger partial charge in [-0.15, -0.1) is 0 Å². The van der Waals surface area contributed by atoms with Crippen LogP contribution in [0.25, 0.3) is 6.08 Å². The highest BCUT2D eigenvalue weighted by atomic mass is 16.8. The normalized spacial score (nSPS) is 36.9. The van der Waals surface area contributed by atoms with E-state index in [2.05, 4.69) is 0 Å². The molecular formula is C35H46O20. The van der Waals surface area contributed by atoms with Crippen LogP contribution < -0.4 is 0 Å². The molecular weight excluding hydrogens is 740 g/mol. The number of aromatic hydroxyl groups is 4. The Morgan fingerprint density at radius 3 is 1.91 bits per heavy atom. The smallest absolute Gasteiger partial charge is 0.331 e. The van der Waals surface area contributed by atoms with Crippen molar-refractivity contribution in [2.75, 3.05) is 19.8 Å². The van der Waals surface area contributed by atoms with Gasteiger partial charge in [-0.25, -0.2) is 4.79 Å². The van der Waals surface area contributed by atoms with E-state index in [1.165, 1.54) is 49.4 Å². The lowest BCUT2D eigenvalue weighted by Gasteiger charge is -2.48. The molecule has 0 amide bonds. The molecule has 0 bridgehead atoms. The Balaban J connectivity index is 1.33. The lowest BCUT2D eigenvalue weighted by Crippen LogP contribution is -2.66. The second kappa shape index (κ2) is 18.5. The van der Waals surface area contributed by atoms with Crippen molar-refractivity contribution in [3.63, 3.8) is 0 Å². The molecule has 0 unspecified atom stereocenters. The van der Waals surface area contributed by atoms with Crippen LogP contribution in [-0.4, -0.2) is 179 Å². The molecule has 3 aliphatic rings. The van der Waals surface area contributed by atoms with Crippen LogP contribution in [0, 0.1) is 0 Å². The molecule has 55 heavy (non-hydrogen) atoms. The third-order valence-corrected chi connectivity index (χ3v) is 9.38. The van der Waals surface area contributed by atoms with Gasteiger partial charge in [0.15, 0.2) is 48.0 Å². The van der Waals surface area contributed by atoms with Crippen molar-refractivity contribution in [1.29, 1.82) is 0 Å². The van der Waals surface area contributed by atoms with Gasteiger partial charge < -0.3 is 94.4 Å². The van der Waals surface area contributed by atoms with Crippen LogP contribution in [0.15, 0.2) is 42.5 Å². The number of hydrogen-bond donors (Lipinski definition) is 12. The maximum atomic E-state index is 13.0. The Hall–Kier alpha value is -3.71. The molecule has 2 aromatic rings. The zero-order chi connectivity index (χ0) is 40.1. The number of aliphatic hydroxyl groups excluding tert-OH is 8. The highest BCUT2D eigenvalue weighted by Gasteiger charge is 2.54. The molecule has 0 aromatic heterocycles. The van der Waals surface area contributed by atoms with E-state index in [4.69, 9.17) is 33.2 Å². The van der Waals surface area contributed by atoms with Gasteiger partial charge in [-0.1, -0.05) is 12.1 Å². The lowest BCUT2D eigenvalue weighted by atomic mass is 9.96. The second-order valence-corrected chi connectivity index (χ2v) is 13.2. The molecule has 12 N–H and O–H groups in total. The summed E-state index contributed by atoms with van der Waals surface area (Å²) in [6, 6.07) is 7.82. The number of rotatable bonds is 13. The van der Waals surface area contributed by atoms with E-state index in [0.29, 0.717) is 5.56 Å². The Labute approximate surface area is 313 Å². The van der Waals surface area contributed by atoms with Crippen LogP contribution in [0.4, 0.5) is 0 Å². The zero-order valence-electron chi connectivity index (χ0n) is 29.2. The topological polar surface area (TPSA) is 324 Å². The van der Waals surface area contributed by atoms with Crippen molar-refractivity contribution < 1.29 is 99.2 Å². The number of phenols is 4. The standard InChI is InChI=1S/C35H46O20/c1-14-30(54-35-27(46)25(44)24(43)21(12-36)51-35)26(45)28(47)34(50-14)55-32-29(48)33(49-9-8-16-3-6-18(39)20(41)11-16)52-22(13-37)31(32)53-23(42)7-4-15-2-5-17(38)19(40)10-15/h2-7,10-11,14,21-22,24-41,43-48H,8-9,12-13H2,1H3/t14-,21+,22+,24+,25-,26-,27+,28+,29+,30-,31+,32+,33+,34-,35-/m0/s1. The third-order valence-electron chi connectivity index (χ3n) is 9.38. The quantitative estimate of drug-likeness (QED) is 0.0541. The number of phenolic OH excluding ortho intramolecular Hbond substituents is 4. The highest BCUT2D eigenvalue weighted by molar-refractivity contribution is 5.87.